The molecule has 1 aromatic carbocycles. The summed E-state index contributed by atoms with van der Waals surface area (Å²) in [5, 5.41) is 0.206. The van der Waals surface area contributed by atoms with E-state index in [1.807, 2.05) is 6.92 Å². The first-order valence-electron chi connectivity index (χ1n) is 7.23. The second-order valence-electron chi connectivity index (χ2n) is 5.03. The predicted molar refractivity (Wildman–Crippen MR) is 81.6 cm³/mol. The van der Waals surface area contributed by atoms with Crippen LogP contribution >= 0.6 is 11.6 Å². The molecule has 3 nitrogen and oxygen atoms in total. The van der Waals surface area contributed by atoms with Crippen molar-refractivity contribution in [2.45, 2.75) is 52.1 Å². The molecule has 0 bridgehead atoms. The number of carbonyl (C=O) groups excluding carboxylic acids is 1. The third-order valence-electron chi connectivity index (χ3n) is 3.22. The molecule has 1 atom stereocenters. The maximum Gasteiger partial charge on any atom is 0.340 e. The van der Waals surface area contributed by atoms with Crippen molar-refractivity contribution in [2.24, 2.45) is 0 Å². The van der Waals surface area contributed by atoms with Crippen LogP contribution in [0.5, 0.6) is 5.75 Å². The zero-order valence-corrected chi connectivity index (χ0v) is 13.5. The maximum atomic E-state index is 13.8. The summed E-state index contributed by atoms with van der Waals surface area (Å²) in [4.78, 5) is 11.4. The molecule has 0 amide bonds. The van der Waals surface area contributed by atoms with Crippen LogP contribution in [0, 0.1) is 5.82 Å². The number of rotatable bonds is 8. The van der Waals surface area contributed by atoms with Crippen LogP contribution in [-0.2, 0) is 4.74 Å². The summed E-state index contributed by atoms with van der Waals surface area (Å²) in [5.41, 5.74) is -0.189. The van der Waals surface area contributed by atoms with Gasteiger partial charge in [0.25, 0.3) is 0 Å². The minimum atomic E-state index is -0.756. The van der Waals surface area contributed by atoms with Crippen LogP contribution in [0.15, 0.2) is 12.1 Å². The van der Waals surface area contributed by atoms with Gasteiger partial charge >= 0.3 is 5.97 Å². The molecule has 5 heteroatoms. The normalized spacial score (nSPS) is 12.0. The summed E-state index contributed by atoms with van der Waals surface area (Å²) in [5.74, 6) is -1.20. The topological polar surface area (TPSA) is 35.5 Å². The Hall–Kier alpha value is -1.29. The first kappa shape index (κ1) is 17.8. The SMILES string of the molecule is CCCCCCC(C)Oc1cc(F)c(C(=O)OC)cc1Cl. The number of carbonyl (C=O) groups is 1. The van der Waals surface area contributed by atoms with E-state index < -0.39 is 11.8 Å². The lowest BCUT2D eigenvalue weighted by atomic mass is 10.1. The Bertz CT molecular complexity index is 477. The monoisotopic (exact) mass is 316 g/mol. The molecule has 21 heavy (non-hydrogen) atoms. The van der Waals surface area contributed by atoms with E-state index in [0.717, 1.165) is 25.3 Å². The highest BCUT2D eigenvalue weighted by atomic mass is 35.5. The van der Waals surface area contributed by atoms with Gasteiger partial charge in [0.2, 0.25) is 0 Å². The van der Waals surface area contributed by atoms with Gasteiger partial charge in [0, 0.05) is 6.07 Å². The fraction of sp³-hybridized carbons (Fsp3) is 0.562. The number of halogens is 2. The van der Waals surface area contributed by atoms with Crippen LogP contribution in [-0.4, -0.2) is 19.2 Å². The van der Waals surface area contributed by atoms with E-state index in [4.69, 9.17) is 16.3 Å². The average Bonchev–Trinajstić information content (AvgIpc) is 2.46. The van der Waals surface area contributed by atoms with Gasteiger partial charge in [-0.2, -0.15) is 0 Å². The van der Waals surface area contributed by atoms with E-state index in [2.05, 4.69) is 11.7 Å². The smallest absolute Gasteiger partial charge is 0.340 e. The Kier molecular flexibility index (Phi) is 7.51. The van der Waals surface area contributed by atoms with Crippen molar-refractivity contribution in [3.8, 4) is 5.75 Å². The molecule has 0 heterocycles. The third kappa shape index (κ3) is 5.54. The molecule has 0 aliphatic rings. The van der Waals surface area contributed by atoms with Crippen LogP contribution in [0.1, 0.15) is 56.3 Å². The molecule has 0 radical (unpaired) electrons. The van der Waals surface area contributed by atoms with Gasteiger partial charge in [-0.15, -0.1) is 0 Å². The third-order valence-corrected chi connectivity index (χ3v) is 3.51. The minimum Gasteiger partial charge on any atom is -0.489 e. The molecule has 1 aromatic rings. The predicted octanol–water partition coefficient (Wildman–Crippen LogP) is 5.00. The largest absolute Gasteiger partial charge is 0.489 e. The van der Waals surface area contributed by atoms with Crippen LogP contribution < -0.4 is 4.74 Å². The standard InChI is InChI=1S/C16H22ClFO3/c1-4-5-6-7-8-11(2)21-15-10-14(18)12(9-13(15)17)16(19)20-3/h9-11H,4-8H2,1-3H3. The number of unbranched alkanes of at least 4 members (excludes halogenated alkanes) is 3. The molecular weight excluding hydrogens is 295 g/mol. The van der Waals surface area contributed by atoms with Gasteiger partial charge in [-0.3, -0.25) is 0 Å². The van der Waals surface area contributed by atoms with Gasteiger partial charge < -0.3 is 9.47 Å². The van der Waals surface area contributed by atoms with Gasteiger partial charge in [-0.05, 0) is 25.8 Å². The zero-order chi connectivity index (χ0) is 15.8. The number of hydrogen-bond acceptors (Lipinski definition) is 3. The molecule has 118 valence electrons. The fourth-order valence-corrected chi connectivity index (χ4v) is 2.23. The molecular formula is C16H22ClFO3. The molecule has 0 saturated carbocycles. The summed E-state index contributed by atoms with van der Waals surface area (Å²) in [6.07, 6.45) is 5.44. The molecule has 0 saturated heterocycles. The van der Waals surface area contributed by atoms with E-state index in [0.29, 0.717) is 0 Å². The Morgan fingerprint density at radius 1 is 1.33 bits per heavy atom. The number of methoxy groups -OCH3 is 1. The van der Waals surface area contributed by atoms with Crippen molar-refractivity contribution < 1.29 is 18.7 Å². The fourth-order valence-electron chi connectivity index (χ4n) is 2.02. The van der Waals surface area contributed by atoms with Crippen LogP contribution in [0.25, 0.3) is 0 Å². The lowest BCUT2D eigenvalue weighted by Gasteiger charge is -2.16. The van der Waals surface area contributed by atoms with Crippen LogP contribution in [0.4, 0.5) is 4.39 Å². The Balaban J connectivity index is 2.67. The lowest BCUT2D eigenvalue weighted by Crippen LogP contribution is -2.13. The van der Waals surface area contributed by atoms with Gasteiger partial charge in [0.05, 0.1) is 23.8 Å². The minimum absolute atomic E-state index is 0.0530. The Labute approximate surface area is 130 Å². The number of hydrogen-bond donors (Lipinski definition) is 0. The lowest BCUT2D eigenvalue weighted by molar-refractivity contribution is 0.0595. The Morgan fingerprint density at radius 2 is 2.05 bits per heavy atom. The summed E-state index contributed by atoms with van der Waals surface area (Å²) >= 11 is 6.03. The van der Waals surface area contributed by atoms with Crippen molar-refractivity contribution >= 4 is 17.6 Å². The van der Waals surface area contributed by atoms with Crippen molar-refractivity contribution in [1.29, 1.82) is 0 Å². The van der Waals surface area contributed by atoms with E-state index in [-0.39, 0.29) is 22.4 Å². The van der Waals surface area contributed by atoms with E-state index in [1.165, 1.54) is 26.0 Å². The van der Waals surface area contributed by atoms with Gasteiger partial charge in [-0.25, -0.2) is 9.18 Å². The molecule has 0 aromatic heterocycles. The van der Waals surface area contributed by atoms with Gasteiger partial charge in [-0.1, -0.05) is 37.8 Å². The maximum absolute atomic E-state index is 13.8. The molecule has 0 N–H and O–H groups in total. The first-order chi connectivity index (χ1) is 9.99. The summed E-state index contributed by atoms with van der Waals surface area (Å²) in [6.45, 7) is 4.08. The molecule has 0 aliphatic heterocycles. The number of ether oxygens (including phenoxy) is 2. The second kappa shape index (κ2) is 8.88. The quantitative estimate of drug-likeness (QED) is 0.500. The number of esters is 1. The molecule has 1 unspecified atom stereocenters. The first-order valence-corrected chi connectivity index (χ1v) is 7.61. The van der Waals surface area contributed by atoms with E-state index in [9.17, 15) is 9.18 Å². The van der Waals surface area contributed by atoms with Crippen molar-refractivity contribution in [3.63, 3.8) is 0 Å². The molecule has 0 spiro atoms. The average molecular weight is 317 g/mol. The van der Waals surface area contributed by atoms with Gasteiger partial charge in [0.15, 0.2) is 0 Å². The van der Waals surface area contributed by atoms with Gasteiger partial charge in [0.1, 0.15) is 11.6 Å². The summed E-state index contributed by atoms with van der Waals surface area (Å²) in [7, 11) is 1.19. The highest BCUT2D eigenvalue weighted by molar-refractivity contribution is 6.32. The molecule has 1 rings (SSSR count). The summed E-state index contributed by atoms with van der Waals surface area (Å²) in [6, 6.07) is 2.37. The second-order valence-corrected chi connectivity index (χ2v) is 5.44. The van der Waals surface area contributed by atoms with E-state index in [1.54, 1.807) is 0 Å². The number of benzene rings is 1. The van der Waals surface area contributed by atoms with Crippen LogP contribution in [0.2, 0.25) is 5.02 Å². The van der Waals surface area contributed by atoms with Crippen molar-refractivity contribution in [1.82, 2.24) is 0 Å². The van der Waals surface area contributed by atoms with E-state index >= 15 is 0 Å². The van der Waals surface area contributed by atoms with Crippen molar-refractivity contribution in [2.75, 3.05) is 7.11 Å². The Morgan fingerprint density at radius 3 is 2.67 bits per heavy atom. The molecule has 0 aliphatic carbocycles. The zero-order valence-electron chi connectivity index (χ0n) is 12.7. The highest BCUT2D eigenvalue weighted by Crippen LogP contribution is 2.29. The van der Waals surface area contributed by atoms with Crippen molar-refractivity contribution in [3.05, 3.63) is 28.5 Å². The highest BCUT2D eigenvalue weighted by Gasteiger charge is 2.17. The molecule has 0 fully saturated rings. The summed E-state index contributed by atoms with van der Waals surface area (Å²) < 4.78 is 24.0. The van der Waals surface area contributed by atoms with Crippen LogP contribution in [0.3, 0.4) is 0 Å².